The average Bonchev–Trinajstić information content (AvgIpc) is 2.68. The monoisotopic (exact) mass is 344 g/mol. The second kappa shape index (κ2) is 8.69. The van der Waals surface area contributed by atoms with Crippen molar-refractivity contribution in [1.82, 2.24) is 9.97 Å². The number of rotatable bonds is 6. The lowest BCUT2D eigenvalue weighted by atomic mass is 10.1. The summed E-state index contributed by atoms with van der Waals surface area (Å²) in [4.78, 5) is 20.5. The number of amides is 1. The Labute approximate surface area is 152 Å². The van der Waals surface area contributed by atoms with Crippen molar-refractivity contribution in [3.05, 3.63) is 90.0 Å². The molecule has 3 aromatic rings. The van der Waals surface area contributed by atoms with Crippen molar-refractivity contribution in [3.8, 4) is 0 Å². The molecule has 0 aliphatic rings. The molecular weight excluding hydrogens is 324 g/mol. The third kappa shape index (κ3) is 5.09. The van der Waals surface area contributed by atoms with Crippen LogP contribution in [0.2, 0.25) is 0 Å². The van der Waals surface area contributed by atoms with E-state index >= 15 is 0 Å². The highest BCUT2D eigenvalue weighted by atomic mass is 16.2. The number of nitrogens with one attached hydrogen (secondary N) is 1. The Morgan fingerprint density at radius 1 is 1.00 bits per heavy atom. The number of hydrogen-bond donors (Lipinski definition) is 2. The lowest BCUT2D eigenvalue weighted by Crippen LogP contribution is -2.37. The van der Waals surface area contributed by atoms with Crippen molar-refractivity contribution in [1.29, 1.82) is 0 Å². The zero-order valence-corrected chi connectivity index (χ0v) is 14.2. The van der Waals surface area contributed by atoms with E-state index in [1.807, 2.05) is 60.7 Å². The molecule has 2 aromatic heterocycles. The quantitative estimate of drug-likeness (QED) is 0.720. The molecule has 1 atom stereocenters. The summed E-state index contributed by atoms with van der Waals surface area (Å²) in [5.41, 5.74) is 9.59. The highest BCUT2D eigenvalue weighted by Gasteiger charge is 2.14. The van der Waals surface area contributed by atoms with Gasteiger partial charge in [0.1, 0.15) is 0 Å². The Bertz CT molecular complexity index is 879. The summed E-state index contributed by atoms with van der Waals surface area (Å²) >= 11 is 0. The molecule has 0 bridgehead atoms. The van der Waals surface area contributed by atoms with E-state index < -0.39 is 6.04 Å². The molecule has 0 fully saturated rings. The van der Waals surface area contributed by atoms with Crippen molar-refractivity contribution in [2.75, 3.05) is 5.32 Å². The first-order valence-corrected chi connectivity index (χ1v) is 8.34. The summed E-state index contributed by atoms with van der Waals surface area (Å²) in [7, 11) is 0. The van der Waals surface area contributed by atoms with E-state index in [9.17, 15) is 4.79 Å². The minimum atomic E-state index is -0.617. The average molecular weight is 344 g/mol. The largest absolute Gasteiger partial charge is 0.323 e. The van der Waals surface area contributed by atoms with Crippen LogP contribution in [0.15, 0.2) is 73.3 Å². The summed E-state index contributed by atoms with van der Waals surface area (Å²) < 4.78 is 0. The van der Waals surface area contributed by atoms with Gasteiger partial charge in [-0.2, -0.15) is 0 Å². The molecule has 0 unspecified atom stereocenters. The molecule has 130 valence electrons. The van der Waals surface area contributed by atoms with Crippen LogP contribution in [0.25, 0.3) is 12.2 Å². The number of carbonyl (C=O) groups is 1. The van der Waals surface area contributed by atoms with Crippen LogP contribution in [0, 0.1) is 0 Å². The first-order chi connectivity index (χ1) is 12.7. The second-order valence-corrected chi connectivity index (χ2v) is 5.91. The Balaban J connectivity index is 1.62. The maximum absolute atomic E-state index is 12.3. The molecule has 26 heavy (non-hydrogen) atoms. The summed E-state index contributed by atoms with van der Waals surface area (Å²) in [5, 5.41) is 2.83. The summed E-state index contributed by atoms with van der Waals surface area (Å²) in [6, 6.07) is 14.8. The van der Waals surface area contributed by atoms with Gasteiger partial charge in [0.25, 0.3) is 0 Å². The van der Waals surface area contributed by atoms with Gasteiger partial charge in [-0.25, -0.2) is 0 Å². The third-order valence-electron chi connectivity index (χ3n) is 3.84. The van der Waals surface area contributed by atoms with E-state index in [0.29, 0.717) is 12.1 Å². The number of nitrogens with two attached hydrogens (primary N) is 1. The van der Waals surface area contributed by atoms with Crippen LogP contribution in [0.4, 0.5) is 5.69 Å². The van der Waals surface area contributed by atoms with Crippen molar-refractivity contribution < 1.29 is 4.79 Å². The van der Waals surface area contributed by atoms with Crippen LogP contribution in [-0.2, 0) is 11.2 Å². The van der Waals surface area contributed by atoms with Crippen molar-refractivity contribution in [2.45, 2.75) is 12.5 Å². The van der Waals surface area contributed by atoms with Gasteiger partial charge >= 0.3 is 0 Å². The predicted octanol–water partition coefficient (Wildman–Crippen LogP) is 3.16. The van der Waals surface area contributed by atoms with Crippen LogP contribution >= 0.6 is 0 Å². The van der Waals surface area contributed by atoms with Gasteiger partial charge in [-0.3, -0.25) is 14.8 Å². The number of hydrogen-bond acceptors (Lipinski definition) is 4. The maximum atomic E-state index is 12.3. The molecule has 1 amide bonds. The smallest absolute Gasteiger partial charge is 0.241 e. The lowest BCUT2D eigenvalue weighted by molar-refractivity contribution is -0.117. The Kier molecular flexibility index (Phi) is 5.85. The minimum absolute atomic E-state index is 0.231. The fraction of sp³-hybridized carbons (Fsp3) is 0.0952. The van der Waals surface area contributed by atoms with Gasteiger partial charge in [0.15, 0.2) is 0 Å². The number of nitrogens with zero attached hydrogens (tertiary/aromatic N) is 2. The van der Waals surface area contributed by atoms with Gasteiger partial charge in [-0.15, -0.1) is 0 Å². The van der Waals surface area contributed by atoms with Crippen LogP contribution in [0.3, 0.4) is 0 Å². The van der Waals surface area contributed by atoms with E-state index in [0.717, 1.165) is 16.7 Å². The van der Waals surface area contributed by atoms with Gasteiger partial charge in [0.05, 0.1) is 17.9 Å². The van der Waals surface area contributed by atoms with Crippen LogP contribution in [0.5, 0.6) is 0 Å². The molecular formula is C21H20N4O. The fourth-order valence-electron chi connectivity index (χ4n) is 2.48. The summed E-state index contributed by atoms with van der Waals surface area (Å²) in [6.07, 6.45) is 11.2. The van der Waals surface area contributed by atoms with Gasteiger partial charge in [-0.1, -0.05) is 42.5 Å². The molecule has 0 saturated heterocycles. The molecule has 0 radical (unpaired) electrons. The zero-order chi connectivity index (χ0) is 18.2. The molecule has 2 heterocycles. The molecule has 5 nitrogen and oxygen atoms in total. The Morgan fingerprint density at radius 2 is 1.73 bits per heavy atom. The fourth-order valence-corrected chi connectivity index (χ4v) is 2.48. The normalized spacial score (nSPS) is 12.0. The van der Waals surface area contributed by atoms with E-state index in [-0.39, 0.29) is 5.91 Å². The topological polar surface area (TPSA) is 80.9 Å². The maximum Gasteiger partial charge on any atom is 0.241 e. The molecule has 0 spiro atoms. The number of anilines is 1. The van der Waals surface area contributed by atoms with E-state index in [2.05, 4.69) is 15.3 Å². The summed E-state index contributed by atoms with van der Waals surface area (Å²) in [6.45, 7) is 0. The lowest BCUT2D eigenvalue weighted by Gasteiger charge is -2.12. The zero-order valence-electron chi connectivity index (χ0n) is 14.2. The standard InChI is InChI=1S/C21H20N4O/c22-20(13-17-4-2-1-3-5-17)21(26)25-19-12-18(14-24-15-19)7-6-16-8-10-23-11-9-16/h1-12,14-15,20H,13,22H2,(H,25,26)/b7-6+/t20-/m0/s1. The summed E-state index contributed by atoms with van der Waals surface area (Å²) in [5.74, 6) is -0.231. The molecule has 0 aliphatic heterocycles. The van der Waals surface area contributed by atoms with Gasteiger partial charge in [0.2, 0.25) is 5.91 Å². The predicted molar refractivity (Wildman–Crippen MR) is 104 cm³/mol. The Hall–Kier alpha value is -3.31. The van der Waals surface area contributed by atoms with Crippen molar-refractivity contribution in [3.63, 3.8) is 0 Å². The first-order valence-electron chi connectivity index (χ1n) is 8.34. The molecule has 1 aromatic carbocycles. The Morgan fingerprint density at radius 3 is 2.50 bits per heavy atom. The SMILES string of the molecule is N[C@@H](Cc1ccccc1)C(=O)Nc1cncc(/C=C/c2ccncc2)c1. The number of benzene rings is 1. The first kappa shape index (κ1) is 17.5. The number of pyridine rings is 2. The number of aromatic nitrogens is 2. The van der Waals surface area contributed by atoms with Crippen molar-refractivity contribution in [2.24, 2.45) is 5.73 Å². The third-order valence-corrected chi connectivity index (χ3v) is 3.84. The second-order valence-electron chi connectivity index (χ2n) is 5.91. The molecule has 3 rings (SSSR count). The van der Waals surface area contributed by atoms with Crippen LogP contribution in [-0.4, -0.2) is 21.9 Å². The number of carbonyl (C=O) groups excluding carboxylic acids is 1. The molecule has 0 aliphatic carbocycles. The van der Waals surface area contributed by atoms with Gasteiger partial charge in [0, 0.05) is 18.6 Å². The molecule has 0 saturated carbocycles. The van der Waals surface area contributed by atoms with Crippen LogP contribution < -0.4 is 11.1 Å². The van der Waals surface area contributed by atoms with E-state index in [4.69, 9.17) is 5.73 Å². The van der Waals surface area contributed by atoms with Gasteiger partial charge < -0.3 is 11.1 Å². The van der Waals surface area contributed by atoms with Crippen molar-refractivity contribution >= 4 is 23.7 Å². The van der Waals surface area contributed by atoms with E-state index in [1.54, 1.807) is 24.8 Å². The molecule has 5 heteroatoms. The highest BCUT2D eigenvalue weighted by Crippen LogP contribution is 2.13. The highest BCUT2D eigenvalue weighted by molar-refractivity contribution is 5.95. The molecule has 3 N–H and O–H groups in total. The van der Waals surface area contributed by atoms with Gasteiger partial charge in [-0.05, 0) is 41.3 Å². The minimum Gasteiger partial charge on any atom is -0.323 e. The van der Waals surface area contributed by atoms with Crippen LogP contribution in [0.1, 0.15) is 16.7 Å². The van der Waals surface area contributed by atoms with E-state index in [1.165, 1.54) is 0 Å².